The molecule has 0 aromatic carbocycles. The van der Waals surface area contributed by atoms with E-state index < -0.39 is 28.9 Å². The minimum Gasteiger partial charge on any atom is -0.169 e. The van der Waals surface area contributed by atoms with Gasteiger partial charge in [0.15, 0.2) is 0 Å². The summed E-state index contributed by atoms with van der Waals surface area (Å²) in [5, 5.41) is 0. The number of hydrogen-bond acceptors (Lipinski definition) is 0. The normalized spacial score (nSPS) is 12.9. The lowest BCUT2D eigenvalue weighted by Gasteiger charge is -2.39. The van der Waals surface area contributed by atoms with Gasteiger partial charge in [0.05, 0.1) is 0 Å². The Kier molecular flexibility index (Phi) is 21.5. The van der Waals surface area contributed by atoms with Crippen LogP contribution in [0, 0.1) is 5.41 Å². The summed E-state index contributed by atoms with van der Waals surface area (Å²) >= 11 is 0. The maximum absolute atomic E-state index is 13.7. The topological polar surface area (TPSA) is 0 Å². The summed E-state index contributed by atoms with van der Waals surface area (Å²) in [6.45, 7) is 21.1. The molecule has 0 amide bonds. The van der Waals surface area contributed by atoms with Crippen molar-refractivity contribution in [3.63, 3.8) is 0 Å². The number of rotatable bonds is 6. The van der Waals surface area contributed by atoms with Crippen molar-refractivity contribution >= 4 is 0 Å². The van der Waals surface area contributed by atoms with E-state index in [0.717, 1.165) is 30.4 Å². The summed E-state index contributed by atoms with van der Waals surface area (Å²) in [6.07, 6.45) is -4.02. The monoisotopic (exact) mass is 426 g/mol. The van der Waals surface area contributed by atoms with Gasteiger partial charge in [-0.3, -0.25) is 0 Å². The molecule has 0 aliphatic heterocycles. The van der Waals surface area contributed by atoms with Crippen LogP contribution in [0.2, 0.25) is 0 Å². The first kappa shape index (κ1) is 34.5. The fourth-order valence-corrected chi connectivity index (χ4v) is 2.14. The first-order valence-corrected chi connectivity index (χ1v) is 9.59. The highest BCUT2D eigenvalue weighted by Gasteiger charge is 2.73. The van der Waals surface area contributed by atoms with Crippen molar-refractivity contribution in [3.05, 3.63) is 72.9 Å². The van der Waals surface area contributed by atoms with Gasteiger partial charge in [0, 0.05) is 0 Å². The molecule has 0 rings (SSSR count). The number of alkyl halides is 6. The molecule has 6 heteroatoms. The molecular formula is C23H36F6. The molecule has 0 unspecified atom stereocenters. The maximum atomic E-state index is 13.7. The Labute approximate surface area is 173 Å². The minimum atomic E-state index is -5.62. The molecule has 0 aliphatic rings. The molecule has 0 radical (unpaired) electrons. The fraction of sp³-hybridized carbons (Fsp3) is 0.478. The lowest BCUT2D eigenvalue weighted by atomic mass is 9.71. The molecule has 0 bridgehead atoms. The molecule has 0 aliphatic carbocycles. The summed E-state index contributed by atoms with van der Waals surface area (Å²) in [4.78, 5) is 0. The van der Waals surface area contributed by atoms with E-state index in [2.05, 4.69) is 13.2 Å². The first-order chi connectivity index (χ1) is 13.5. The van der Waals surface area contributed by atoms with Crippen molar-refractivity contribution < 1.29 is 26.3 Å². The minimum absolute atomic E-state index is 0.571. The Hall–Kier alpha value is -1.98. The highest BCUT2D eigenvalue weighted by atomic mass is 19.4. The molecule has 0 saturated carbocycles. The van der Waals surface area contributed by atoms with Gasteiger partial charge in [0.25, 0.3) is 0 Å². The summed E-state index contributed by atoms with van der Waals surface area (Å²) in [5.74, 6) is 0. The van der Waals surface area contributed by atoms with E-state index in [0.29, 0.717) is 12.2 Å². The third kappa shape index (κ3) is 9.37. The van der Waals surface area contributed by atoms with Crippen LogP contribution in [0.1, 0.15) is 55.4 Å². The second kappa shape index (κ2) is 18.1. The molecule has 0 heterocycles. The standard InChI is InChI=1S/C17H18F6.3C2H6/c1-5-9-12-13(8-4)15(16(18,19)20,17(21,22)23)14(10-6-2)11-7-3;3*1-2/h5-12H,2,4H2,1,3H3;3*1-2H3/b9-5-,11-7-,13-12+,14-10+;;;. The van der Waals surface area contributed by atoms with Crippen LogP contribution in [0.15, 0.2) is 72.9 Å². The van der Waals surface area contributed by atoms with Gasteiger partial charge in [-0.25, -0.2) is 0 Å². The van der Waals surface area contributed by atoms with Crippen LogP contribution in [0.25, 0.3) is 0 Å². The maximum Gasteiger partial charge on any atom is 0.411 e. The van der Waals surface area contributed by atoms with Gasteiger partial charge in [-0.1, -0.05) is 103 Å². The second-order valence-electron chi connectivity index (χ2n) is 4.46. The summed E-state index contributed by atoms with van der Waals surface area (Å²) in [5.41, 5.74) is -6.19. The third-order valence-corrected chi connectivity index (χ3v) is 3.05. The summed E-state index contributed by atoms with van der Waals surface area (Å²) in [7, 11) is 0. The Bertz CT molecular complexity index is 527. The van der Waals surface area contributed by atoms with Crippen LogP contribution in [-0.2, 0) is 0 Å². The van der Waals surface area contributed by atoms with Gasteiger partial charge in [-0.05, 0) is 25.0 Å². The Morgan fingerprint density at radius 2 is 1.07 bits per heavy atom. The van der Waals surface area contributed by atoms with Crippen LogP contribution >= 0.6 is 0 Å². The van der Waals surface area contributed by atoms with E-state index in [-0.39, 0.29) is 0 Å². The van der Waals surface area contributed by atoms with Crippen LogP contribution in [0.3, 0.4) is 0 Å². The largest absolute Gasteiger partial charge is 0.411 e. The average molecular weight is 427 g/mol. The Morgan fingerprint density at radius 1 is 0.655 bits per heavy atom. The first-order valence-electron chi connectivity index (χ1n) is 9.59. The van der Waals surface area contributed by atoms with E-state index in [1.807, 2.05) is 41.5 Å². The van der Waals surface area contributed by atoms with Gasteiger partial charge in [0.2, 0.25) is 5.41 Å². The van der Waals surface area contributed by atoms with E-state index >= 15 is 0 Å². The highest BCUT2D eigenvalue weighted by molar-refractivity contribution is 5.47. The zero-order chi connectivity index (χ0) is 24.3. The molecule has 0 aromatic rings. The van der Waals surface area contributed by atoms with Crippen molar-refractivity contribution in [2.75, 3.05) is 0 Å². The number of allylic oxidation sites excluding steroid dienone is 10. The average Bonchev–Trinajstić information content (AvgIpc) is 2.67. The molecule has 0 spiro atoms. The van der Waals surface area contributed by atoms with Crippen LogP contribution in [0.4, 0.5) is 26.3 Å². The summed E-state index contributed by atoms with van der Waals surface area (Å²) < 4.78 is 82.1. The SMILES string of the molecule is C=C/C=C(\C=C/C)C(/C(C=C)=C/C=C\C)(C(F)(F)F)C(F)(F)F.CC.CC.CC. The number of halogens is 6. The molecule has 0 saturated heterocycles. The molecule has 170 valence electrons. The van der Waals surface area contributed by atoms with Gasteiger partial charge in [-0.15, -0.1) is 0 Å². The molecule has 0 fully saturated rings. The van der Waals surface area contributed by atoms with E-state index in [1.54, 1.807) is 0 Å². The van der Waals surface area contributed by atoms with E-state index in [1.165, 1.54) is 19.9 Å². The molecule has 0 N–H and O–H groups in total. The van der Waals surface area contributed by atoms with Crippen LogP contribution in [-0.4, -0.2) is 12.4 Å². The second-order valence-corrected chi connectivity index (χ2v) is 4.46. The molecule has 29 heavy (non-hydrogen) atoms. The van der Waals surface area contributed by atoms with Crippen molar-refractivity contribution in [1.29, 1.82) is 0 Å². The Balaban J connectivity index is -0.000000472. The zero-order valence-corrected chi connectivity index (χ0v) is 18.8. The lowest BCUT2D eigenvalue weighted by Crippen LogP contribution is -2.52. The fourth-order valence-electron chi connectivity index (χ4n) is 2.14. The number of hydrogen-bond donors (Lipinski definition) is 0. The smallest absolute Gasteiger partial charge is 0.169 e. The van der Waals surface area contributed by atoms with E-state index in [9.17, 15) is 26.3 Å². The molecule has 0 atom stereocenters. The highest BCUT2D eigenvalue weighted by Crippen LogP contribution is 2.60. The van der Waals surface area contributed by atoms with E-state index in [4.69, 9.17) is 0 Å². The van der Waals surface area contributed by atoms with Crippen molar-refractivity contribution in [1.82, 2.24) is 0 Å². The van der Waals surface area contributed by atoms with Crippen LogP contribution in [0.5, 0.6) is 0 Å². The summed E-state index contributed by atoms with van der Waals surface area (Å²) in [6, 6.07) is 0. The third-order valence-electron chi connectivity index (χ3n) is 3.05. The van der Waals surface area contributed by atoms with Crippen LogP contribution < -0.4 is 0 Å². The predicted octanol–water partition coefficient (Wildman–Crippen LogP) is 9.55. The Morgan fingerprint density at radius 3 is 1.31 bits per heavy atom. The quantitative estimate of drug-likeness (QED) is 0.293. The van der Waals surface area contributed by atoms with Crippen molar-refractivity contribution in [2.24, 2.45) is 5.41 Å². The van der Waals surface area contributed by atoms with Gasteiger partial charge in [-0.2, -0.15) is 26.3 Å². The van der Waals surface area contributed by atoms with Gasteiger partial charge in [0.1, 0.15) is 0 Å². The van der Waals surface area contributed by atoms with Crippen molar-refractivity contribution in [3.8, 4) is 0 Å². The molecule has 0 nitrogen and oxygen atoms in total. The predicted molar refractivity (Wildman–Crippen MR) is 115 cm³/mol. The van der Waals surface area contributed by atoms with Gasteiger partial charge >= 0.3 is 12.4 Å². The lowest BCUT2D eigenvalue weighted by molar-refractivity contribution is -0.308. The van der Waals surface area contributed by atoms with Gasteiger partial charge < -0.3 is 0 Å². The van der Waals surface area contributed by atoms with Crippen molar-refractivity contribution in [2.45, 2.75) is 67.7 Å². The molecule has 0 aromatic heterocycles. The zero-order valence-electron chi connectivity index (χ0n) is 18.8. The molecular weight excluding hydrogens is 390 g/mol.